The van der Waals surface area contributed by atoms with Crippen LogP contribution in [0.15, 0.2) is 40.9 Å². The summed E-state index contributed by atoms with van der Waals surface area (Å²) >= 11 is 0. The molecule has 2 aliphatic heterocycles. The molecule has 0 spiro atoms. The van der Waals surface area contributed by atoms with E-state index in [1.807, 2.05) is 12.1 Å². The zero-order valence-corrected chi connectivity index (χ0v) is 19.0. The second kappa shape index (κ2) is 8.72. The fourth-order valence-corrected chi connectivity index (χ4v) is 5.69. The van der Waals surface area contributed by atoms with Crippen molar-refractivity contribution in [1.29, 1.82) is 5.26 Å². The van der Waals surface area contributed by atoms with Crippen molar-refractivity contribution < 1.29 is 22.4 Å². The van der Waals surface area contributed by atoms with Crippen LogP contribution in [0.3, 0.4) is 0 Å². The van der Waals surface area contributed by atoms with E-state index in [0.29, 0.717) is 11.3 Å². The highest BCUT2D eigenvalue weighted by Crippen LogP contribution is 2.46. The average Bonchev–Trinajstić information content (AvgIpc) is 3.55. The maximum Gasteiger partial charge on any atom is 0.145 e. The molecule has 0 radical (unpaired) electrons. The highest BCUT2D eigenvalue weighted by atomic mass is 19.1. The first-order valence-electron chi connectivity index (χ1n) is 12.1. The molecular formula is C27H24F3N3O2. The molecule has 1 aliphatic carbocycles. The van der Waals surface area contributed by atoms with Gasteiger partial charge in [0.1, 0.15) is 35.0 Å². The average molecular weight is 480 g/mol. The summed E-state index contributed by atoms with van der Waals surface area (Å²) in [5, 5.41) is 13.1. The van der Waals surface area contributed by atoms with Crippen LogP contribution in [0.4, 0.5) is 18.9 Å². The van der Waals surface area contributed by atoms with E-state index in [-0.39, 0.29) is 47.5 Å². The summed E-state index contributed by atoms with van der Waals surface area (Å²) in [6.07, 6.45) is 5.40. The topological polar surface area (TPSA) is 62.3 Å². The molecule has 1 aromatic heterocycles. The van der Waals surface area contributed by atoms with Crippen LogP contribution in [0.5, 0.6) is 0 Å². The number of piperidine rings is 1. The number of hydrogen-bond donors (Lipinski definition) is 0. The lowest BCUT2D eigenvalue weighted by Gasteiger charge is -2.40. The van der Waals surface area contributed by atoms with Crippen LogP contribution in [0, 0.1) is 28.8 Å². The summed E-state index contributed by atoms with van der Waals surface area (Å²) < 4.78 is 55.1. The Balaban J connectivity index is 1.21. The molecular weight excluding hydrogens is 455 g/mol. The number of fused-ring (bicyclic) bond motifs is 2. The number of hydrogen-bond acceptors (Lipinski definition) is 5. The number of rotatable bonds is 6. The van der Waals surface area contributed by atoms with Crippen molar-refractivity contribution in [3.05, 3.63) is 70.7 Å². The SMILES string of the molecule is N#Cc1ccc(N2C3CCC2CC(OCc2c(-c4c(F)cccc4F)noc2C2CC2)C3)cc1F. The summed E-state index contributed by atoms with van der Waals surface area (Å²) in [6.45, 7) is 0.175. The van der Waals surface area contributed by atoms with Gasteiger partial charge < -0.3 is 14.2 Å². The van der Waals surface area contributed by atoms with Gasteiger partial charge in [-0.05, 0) is 68.9 Å². The number of nitrogens with zero attached hydrogens (tertiary/aromatic N) is 3. The molecule has 2 saturated heterocycles. The second-order valence-corrected chi connectivity index (χ2v) is 9.72. The number of anilines is 1. The molecule has 3 heterocycles. The zero-order chi connectivity index (χ0) is 24.1. The molecule has 6 rings (SSSR count). The van der Waals surface area contributed by atoms with Gasteiger partial charge in [-0.3, -0.25) is 0 Å². The number of benzene rings is 2. The Labute approximate surface area is 201 Å². The molecule has 1 saturated carbocycles. The first-order valence-corrected chi connectivity index (χ1v) is 12.1. The Kier molecular flexibility index (Phi) is 5.53. The van der Waals surface area contributed by atoms with E-state index < -0.39 is 17.5 Å². The first kappa shape index (κ1) is 22.2. The molecule has 2 atom stereocenters. The van der Waals surface area contributed by atoms with Gasteiger partial charge in [0.05, 0.1) is 23.8 Å². The van der Waals surface area contributed by atoms with Crippen molar-refractivity contribution in [1.82, 2.24) is 5.16 Å². The smallest absolute Gasteiger partial charge is 0.145 e. The van der Waals surface area contributed by atoms with Gasteiger partial charge in [0.2, 0.25) is 0 Å². The van der Waals surface area contributed by atoms with Gasteiger partial charge in [0.15, 0.2) is 0 Å². The van der Waals surface area contributed by atoms with Gasteiger partial charge >= 0.3 is 0 Å². The van der Waals surface area contributed by atoms with Crippen LogP contribution in [0.25, 0.3) is 11.3 Å². The molecule has 3 fully saturated rings. The minimum Gasteiger partial charge on any atom is -0.373 e. The lowest BCUT2D eigenvalue weighted by Crippen LogP contribution is -2.45. The van der Waals surface area contributed by atoms with Crippen molar-refractivity contribution in [2.75, 3.05) is 4.90 Å². The number of ether oxygens (including phenoxy) is 1. The maximum absolute atomic E-state index is 14.5. The fourth-order valence-electron chi connectivity index (χ4n) is 5.69. The molecule has 2 bridgehead atoms. The third-order valence-corrected chi connectivity index (χ3v) is 7.49. The minimum atomic E-state index is -0.678. The van der Waals surface area contributed by atoms with Crippen LogP contribution < -0.4 is 4.90 Å². The van der Waals surface area contributed by atoms with E-state index in [9.17, 15) is 13.2 Å². The number of nitriles is 1. The van der Waals surface area contributed by atoms with Crippen molar-refractivity contribution in [3.8, 4) is 17.3 Å². The molecule has 5 nitrogen and oxygen atoms in total. The Morgan fingerprint density at radius 1 is 1.00 bits per heavy atom. The molecule has 2 unspecified atom stereocenters. The number of aromatic nitrogens is 1. The van der Waals surface area contributed by atoms with Crippen molar-refractivity contribution in [3.63, 3.8) is 0 Å². The van der Waals surface area contributed by atoms with Gasteiger partial charge in [-0.25, -0.2) is 13.2 Å². The fraction of sp³-hybridized carbons (Fsp3) is 0.407. The normalized spacial score (nSPS) is 23.5. The van der Waals surface area contributed by atoms with Crippen LogP contribution in [-0.2, 0) is 11.3 Å². The Bertz CT molecular complexity index is 1280. The summed E-state index contributed by atoms with van der Waals surface area (Å²) in [5.74, 6) is -0.980. The van der Waals surface area contributed by atoms with Crippen LogP contribution in [0.2, 0.25) is 0 Å². The molecule has 3 aliphatic rings. The van der Waals surface area contributed by atoms with E-state index >= 15 is 0 Å². The number of halogens is 3. The summed E-state index contributed by atoms with van der Waals surface area (Å²) in [6, 6.07) is 10.8. The Morgan fingerprint density at radius 3 is 2.34 bits per heavy atom. The van der Waals surface area contributed by atoms with Gasteiger partial charge in [-0.1, -0.05) is 11.2 Å². The van der Waals surface area contributed by atoms with Crippen molar-refractivity contribution in [2.24, 2.45) is 0 Å². The molecule has 0 amide bonds. The van der Waals surface area contributed by atoms with Crippen LogP contribution in [0.1, 0.15) is 61.3 Å². The third kappa shape index (κ3) is 3.98. The lowest BCUT2D eigenvalue weighted by molar-refractivity contribution is 0.0147. The van der Waals surface area contributed by atoms with Gasteiger partial charge in [-0.15, -0.1) is 0 Å². The largest absolute Gasteiger partial charge is 0.373 e. The molecule has 180 valence electrons. The summed E-state index contributed by atoms with van der Waals surface area (Å²) in [5.41, 5.74) is 1.46. The van der Waals surface area contributed by atoms with Gasteiger partial charge in [-0.2, -0.15) is 5.26 Å². The minimum absolute atomic E-state index is 0.0350. The standard InChI is InChI=1S/C27H24F3N3O2/c28-22-2-1-3-23(29)25(22)26-21(27(35-32-26)15-4-5-15)14-34-20-10-17-8-9-18(11-20)33(17)19-7-6-16(13-31)24(30)12-19/h1-3,6-7,12,15,17-18,20H,4-5,8-11,14H2. The molecule has 3 aromatic rings. The lowest BCUT2D eigenvalue weighted by atomic mass is 9.98. The van der Waals surface area contributed by atoms with E-state index in [0.717, 1.165) is 44.2 Å². The quantitative estimate of drug-likeness (QED) is 0.420. The first-order chi connectivity index (χ1) is 17.0. The van der Waals surface area contributed by atoms with Gasteiger partial charge in [0.25, 0.3) is 0 Å². The zero-order valence-electron chi connectivity index (χ0n) is 19.0. The monoisotopic (exact) mass is 479 g/mol. The second-order valence-electron chi connectivity index (χ2n) is 9.72. The highest BCUT2D eigenvalue weighted by molar-refractivity contribution is 5.65. The predicted octanol–water partition coefficient (Wildman–Crippen LogP) is 6.22. The van der Waals surface area contributed by atoms with E-state index in [4.69, 9.17) is 14.5 Å². The van der Waals surface area contributed by atoms with Gasteiger partial charge in [0, 0.05) is 29.3 Å². The van der Waals surface area contributed by atoms with E-state index in [1.165, 1.54) is 30.3 Å². The van der Waals surface area contributed by atoms with Crippen molar-refractivity contribution in [2.45, 2.75) is 69.2 Å². The third-order valence-electron chi connectivity index (χ3n) is 7.49. The Hall–Kier alpha value is -3.31. The molecule has 35 heavy (non-hydrogen) atoms. The summed E-state index contributed by atoms with van der Waals surface area (Å²) in [4.78, 5) is 2.25. The molecule has 0 N–H and O–H groups in total. The Morgan fingerprint density at radius 2 is 1.71 bits per heavy atom. The predicted molar refractivity (Wildman–Crippen MR) is 122 cm³/mol. The van der Waals surface area contributed by atoms with E-state index in [2.05, 4.69) is 10.1 Å². The van der Waals surface area contributed by atoms with Crippen LogP contribution >= 0.6 is 0 Å². The highest BCUT2D eigenvalue weighted by Gasteiger charge is 2.42. The van der Waals surface area contributed by atoms with Crippen LogP contribution in [-0.4, -0.2) is 23.3 Å². The summed E-state index contributed by atoms with van der Waals surface area (Å²) in [7, 11) is 0. The maximum atomic E-state index is 14.5. The van der Waals surface area contributed by atoms with Crippen molar-refractivity contribution >= 4 is 5.69 Å². The molecule has 2 aromatic carbocycles. The molecule has 8 heteroatoms. The van der Waals surface area contributed by atoms with E-state index in [1.54, 1.807) is 0 Å².